The molecule has 0 aliphatic carbocycles. The van der Waals surface area contributed by atoms with Crippen LogP contribution in [0.25, 0.3) is 22.4 Å². The summed E-state index contributed by atoms with van der Waals surface area (Å²) in [5.41, 5.74) is 1.54. The molecule has 0 radical (unpaired) electrons. The van der Waals surface area contributed by atoms with Crippen molar-refractivity contribution < 1.29 is 0 Å². The van der Waals surface area contributed by atoms with Gasteiger partial charge in [-0.3, -0.25) is 9.20 Å². The first-order valence-corrected chi connectivity index (χ1v) is 8.37. The van der Waals surface area contributed by atoms with E-state index in [0.29, 0.717) is 11.2 Å². The predicted octanol–water partition coefficient (Wildman–Crippen LogP) is 3.15. The van der Waals surface area contributed by atoms with Crippen molar-refractivity contribution >= 4 is 28.4 Å². The summed E-state index contributed by atoms with van der Waals surface area (Å²) in [7, 11) is 0. The van der Waals surface area contributed by atoms with Crippen molar-refractivity contribution in [2.45, 2.75) is 12.1 Å². The molecule has 2 aromatic heterocycles. The van der Waals surface area contributed by atoms with Crippen molar-refractivity contribution in [2.24, 2.45) is 0 Å². The van der Waals surface area contributed by atoms with Crippen molar-refractivity contribution in [3.8, 4) is 5.69 Å². The van der Waals surface area contributed by atoms with Crippen molar-refractivity contribution in [1.29, 1.82) is 0 Å². The fraction of sp³-hybridized carbons (Fsp3) is 0.118. The molecule has 114 valence electrons. The number of hydrogen-bond acceptors (Lipinski definition) is 4. The maximum absolute atomic E-state index is 13.0. The molecule has 0 spiro atoms. The number of benzene rings is 2. The van der Waals surface area contributed by atoms with Gasteiger partial charge in [-0.1, -0.05) is 49.0 Å². The lowest BCUT2D eigenvalue weighted by Crippen LogP contribution is -2.21. The van der Waals surface area contributed by atoms with Crippen LogP contribution in [0.2, 0.25) is 0 Å². The molecule has 0 N–H and O–H groups in total. The Morgan fingerprint density at radius 1 is 1.00 bits per heavy atom. The molecule has 0 amide bonds. The van der Waals surface area contributed by atoms with Crippen LogP contribution < -0.4 is 5.56 Å². The Morgan fingerprint density at radius 3 is 2.52 bits per heavy atom. The van der Waals surface area contributed by atoms with Gasteiger partial charge < -0.3 is 0 Å². The Morgan fingerprint density at radius 2 is 1.74 bits per heavy atom. The summed E-state index contributed by atoms with van der Waals surface area (Å²) in [5, 5.41) is 10.0. The smallest absolute Gasteiger partial charge is 0.267 e. The van der Waals surface area contributed by atoms with Gasteiger partial charge in [-0.2, -0.15) is 0 Å². The molecule has 0 bridgehead atoms. The summed E-state index contributed by atoms with van der Waals surface area (Å²) in [6, 6.07) is 17.1. The Balaban J connectivity index is 2.21. The van der Waals surface area contributed by atoms with E-state index < -0.39 is 0 Å². The lowest BCUT2D eigenvalue weighted by atomic mass is 10.2. The Kier molecular flexibility index (Phi) is 3.38. The van der Waals surface area contributed by atoms with Crippen LogP contribution in [0.1, 0.15) is 6.92 Å². The summed E-state index contributed by atoms with van der Waals surface area (Å²) < 4.78 is 3.58. The van der Waals surface area contributed by atoms with E-state index in [4.69, 9.17) is 0 Å². The van der Waals surface area contributed by atoms with E-state index in [0.717, 1.165) is 22.1 Å². The minimum Gasteiger partial charge on any atom is -0.268 e. The number of hydrogen-bond donors (Lipinski definition) is 0. The van der Waals surface area contributed by atoms with Gasteiger partial charge in [0.25, 0.3) is 5.56 Å². The highest BCUT2D eigenvalue weighted by molar-refractivity contribution is 7.99. The SMILES string of the molecule is CCSc1nnc2n(-c3ccccc3)c(=O)c3ccccc3n12. The van der Waals surface area contributed by atoms with Crippen molar-refractivity contribution in [1.82, 2.24) is 19.2 Å². The molecule has 6 heteroatoms. The monoisotopic (exact) mass is 322 g/mol. The molecule has 4 aromatic rings. The molecular weight excluding hydrogens is 308 g/mol. The largest absolute Gasteiger partial charge is 0.268 e. The highest BCUT2D eigenvalue weighted by atomic mass is 32.2. The quantitative estimate of drug-likeness (QED) is 0.544. The average Bonchev–Trinajstić information content (AvgIpc) is 3.00. The third-order valence-corrected chi connectivity index (χ3v) is 4.49. The van der Waals surface area contributed by atoms with Crippen LogP contribution in [0.4, 0.5) is 0 Å². The van der Waals surface area contributed by atoms with Gasteiger partial charge in [0.05, 0.1) is 16.6 Å². The van der Waals surface area contributed by atoms with Crippen LogP contribution in [-0.4, -0.2) is 24.9 Å². The number of aromatic nitrogens is 4. The molecule has 0 saturated carbocycles. The maximum atomic E-state index is 13.0. The third kappa shape index (κ3) is 2.14. The number of rotatable bonds is 3. The molecule has 23 heavy (non-hydrogen) atoms. The molecule has 2 heterocycles. The fourth-order valence-corrected chi connectivity index (χ4v) is 3.38. The molecule has 0 fully saturated rings. The first-order valence-electron chi connectivity index (χ1n) is 7.38. The van der Waals surface area contributed by atoms with Gasteiger partial charge in [-0.15, -0.1) is 10.2 Å². The fourth-order valence-electron chi connectivity index (χ4n) is 2.71. The van der Waals surface area contributed by atoms with Gasteiger partial charge in [-0.05, 0) is 30.0 Å². The molecule has 0 aliphatic heterocycles. The summed E-state index contributed by atoms with van der Waals surface area (Å²) in [5.74, 6) is 1.43. The zero-order valence-electron chi connectivity index (χ0n) is 12.5. The van der Waals surface area contributed by atoms with Gasteiger partial charge in [0.1, 0.15) is 0 Å². The molecule has 0 aliphatic rings. The van der Waals surface area contributed by atoms with E-state index >= 15 is 0 Å². The van der Waals surface area contributed by atoms with Crippen molar-refractivity contribution in [3.05, 3.63) is 65.0 Å². The highest BCUT2D eigenvalue weighted by Gasteiger charge is 2.17. The Bertz CT molecular complexity index is 1050. The van der Waals surface area contributed by atoms with Gasteiger partial charge in [-0.25, -0.2) is 4.57 Å². The molecule has 0 saturated heterocycles. The second kappa shape index (κ2) is 5.55. The molecule has 2 aromatic carbocycles. The molecule has 0 unspecified atom stereocenters. The summed E-state index contributed by atoms with van der Waals surface area (Å²) in [4.78, 5) is 13.0. The normalized spacial score (nSPS) is 11.3. The molecule has 5 nitrogen and oxygen atoms in total. The van der Waals surface area contributed by atoms with Crippen LogP contribution >= 0.6 is 11.8 Å². The van der Waals surface area contributed by atoms with Crippen molar-refractivity contribution in [2.75, 3.05) is 5.75 Å². The molecule has 0 atom stereocenters. The van der Waals surface area contributed by atoms with Gasteiger partial charge >= 0.3 is 0 Å². The molecule has 4 rings (SSSR count). The van der Waals surface area contributed by atoms with E-state index in [1.807, 2.05) is 59.0 Å². The van der Waals surface area contributed by atoms with E-state index in [1.165, 1.54) is 0 Å². The van der Waals surface area contributed by atoms with Gasteiger partial charge in [0, 0.05) is 0 Å². The minimum absolute atomic E-state index is 0.0836. The lowest BCUT2D eigenvalue weighted by molar-refractivity contribution is 0.931. The predicted molar refractivity (Wildman–Crippen MR) is 92.5 cm³/mol. The van der Waals surface area contributed by atoms with Crippen LogP contribution in [0.3, 0.4) is 0 Å². The zero-order chi connectivity index (χ0) is 15.8. The van der Waals surface area contributed by atoms with E-state index in [-0.39, 0.29) is 5.56 Å². The van der Waals surface area contributed by atoms with Crippen molar-refractivity contribution in [3.63, 3.8) is 0 Å². The number of para-hydroxylation sites is 2. The standard InChI is InChI=1S/C17H14N4OS/c1-2-23-17-19-18-16-20(12-8-4-3-5-9-12)15(22)13-10-6-7-11-14(13)21(16)17/h3-11H,2H2,1H3. The summed E-state index contributed by atoms with van der Waals surface area (Å²) in [6.07, 6.45) is 0. The number of nitrogens with zero attached hydrogens (tertiary/aromatic N) is 4. The van der Waals surface area contributed by atoms with Crippen LogP contribution in [0.15, 0.2) is 64.5 Å². The summed E-state index contributed by atoms with van der Waals surface area (Å²) >= 11 is 1.61. The van der Waals surface area contributed by atoms with E-state index in [9.17, 15) is 4.79 Å². The lowest BCUT2D eigenvalue weighted by Gasteiger charge is -2.10. The highest BCUT2D eigenvalue weighted by Crippen LogP contribution is 2.22. The van der Waals surface area contributed by atoms with Gasteiger partial charge in [0.2, 0.25) is 5.78 Å². The third-order valence-electron chi connectivity index (χ3n) is 3.68. The maximum Gasteiger partial charge on any atom is 0.267 e. The summed E-state index contributed by atoms with van der Waals surface area (Å²) in [6.45, 7) is 2.07. The number of thioether (sulfide) groups is 1. The second-order valence-electron chi connectivity index (χ2n) is 5.04. The van der Waals surface area contributed by atoms with E-state index in [2.05, 4.69) is 17.1 Å². The zero-order valence-corrected chi connectivity index (χ0v) is 13.3. The van der Waals surface area contributed by atoms with Crippen LogP contribution in [-0.2, 0) is 0 Å². The van der Waals surface area contributed by atoms with Crippen LogP contribution in [0.5, 0.6) is 0 Å². The first-order chi connectivity index (χ1) is 11.3. The van der Waals surface area contributed by atoms with E-state index in [1.54, 1.807) is 16.3 Å². The first kappa shape index (κ1) is 14.0. The Labute approximate surface area is 136 Å². The minimum atomic E-state index is -0.0836. The van der Waals surface area contributed by atoms with Crippen LogP contribution in [0, 0.1) is 0 Å². The Hall–Kier alpha value is -2.60. The second-order valence-corrected chi connectivity index (χ2v) is 6.28. The van der Waals surface area contributed by atoms with Gasteiger partial charge in [0.15, 0.2) is 5.16 Å². The molecular formula is C17H14N4OS. The number of fused-ring (bicyclic) bond motifs is 3. The average molecular weight is 322 g/mol. The topological polar surface area (TPSA) is 52.2 Å².